The normalized spacial score (nSPS) is 10.2. The first-order valence-electron chi connectivity index (χ1n) is 8.29. The minimum Gasteiger partial charge on any atom is -0.493 e. The summed E-state index contributed by atoms with van der Waals surface area (Å²) in [5.41, 5.74) is 1.18. The molecule has 8 heteroatoms. The fourth-order valence-electron chi connectivity index (χ4n) is 2.37. The van der Waals surface area contributed by atoms with Gasteiger partial charge in [-0.3, -0.25) is 14.6 Å². The van der Waals surface area contributed by atoms with Gasteiger partial charge in [-0.25, -0.2) is 0 Å². The zero-order valence-corrected chi connectivity index (χ0v) is 16.2. The molecule has 0 fully saturated rings. The highest BCUT2D eigenvalue weighted by Gasteiger charge is 2.13. The number of rotatable bonds is 8. The van der Waals surface area contributed by atoms with Gasteiger partial charge in [-0.05, 0) is 36.2 Å². The number of ether oxygens (including phenoxy) is 2. The molecule has 144 valence electrons. The number of nitrogens with zero attached hydrogens (tertiary/aromatic N) is 2. The van der Waals surface area contributed by atoms with E-state index in [1.165, 1.54) is 12.3 Å². The van der Waals surface area contributed by atoms with Crippen LogP contribution in [0.5, 0.6) is 11.5 Å². The number of carbonyl (C=O) groups excluding carboxylic acids is 2. The van der Waals surface area contributed by atoms with E-state index in [0.717, 1.165) is 5.56 Å². The van der Waals surface area contributed by atoms with Crippen molar-refractivity contribution in [2.75, 3.05) is 34.4 Å². The third-order valence-electron chi connectivity index (χ3n) is 3.96. The highest BCUT2D eigenvalue weighted by Crippen LogP contribution is 2.27. The Morgan fingerprint density at radius 1 is 1.15 bits per heavy atom. The first kappa shape index (κ1) is 20.5. The van der Waals surface area contributed by atoms with Crippen molar-refractivity contribution in [1.29, 1.82) is 0 Å². The van der Waals surface area contributed by atoms with Crippen LogP contribution >= 0.6 is 11.6 Å². The third kappa shape index (κ3) is 5.86. The first-order valence-corrected chi connectivity index (χ1v) is 8.67. The number of benzene rings is 1. The summed E-state index contributed by atoms with van der Waals surface area (Å²) < 4.78 is 10.5. The molecule has 0 saturated heterocycles. The van der Waals surface area contributed by atoms with Crippen molar-refractivity contribution in [3.05, 3.63) is 52.8 Å². The van der Waals surface area contributed by atoms with Crippen molar-refractivity contribution >= 4 is 23.4 Å². The zero-order chi connectivity index (χ0) is 19.8. The highest BCUT2D eigenvalue weighted by atomic mass is 35.5. The van der Waals surface area contributed by atoms with Crippen LogP contribution < -0.4 is 14.8 Å². The van der Waals surface area contributed by atoms with Gasteiger partial charge >= 0.3 is 0 Å². The molecule has 1 heterocycles. The molecular weight excluding hydrogens is 370 g/mol. The minimum atomic E-state index is -0.445. The molecule has 27 heavy (non-hydrogen) atoms. The number of hydrogen-bond acceptors (Lipinski definition) is 5. The summed E-state index contributed by atoms with van der Waals surface area (Å²) in [4.78, 5) is 29.7. The molecule has 2 aromatic rings. The minimum absolute atomic E-state index is 0.116. The second kappa shape index (κ2) is 9.78. The number of carbonyl (C=O) groups is 2. The van der Waals surface area contributed by atoms with E-state index in [-0.39, 0.29) is 18.1 Å². The molecule has 0 aliphatic carbocycles. The Kier molecular flexibility index (Phi) is 7.43. The van der Waals surface area contributed by atoms with Gasteiger partial charge in [0.1, 0.15) is 5.69 Å². The van der Waals surface area contributed by atoms with Gasteiger partial charge in [-0.15, -0.1) is 0 Å². The van der Waals surface area contributed by atoms with Crippen LogP contribution in [0.4, 0.5) is 0 Å². The molecule has 1 N–H and O–H groups in total. The van der Waals surface area contributed by atoms with Crippen LogP contribution in [0.15, 0.2) is 36.5 Å². The van der Waals surface area contributed by atoms with E-state index in [9.17, 15) is 9.59 Å². The Balaban J connectivity index is 1.84. The molecule has 0 aliphatic heterocycles. The predicted octanol–water partition coefficient (Wildman–Crippen LogP) is 2.18. The number of nitrogens with one attached hydrogen (secondary N) is 1. The van der Waals surface area contributed by atoms with Crippen LogP contribution in [0.2, 0.25) is 5.02 Å². The van der Waals surface area contributed by atoms with E-state index in [0.29, 0.717) is 29.5 Å². The van der Waals surface area contributed by atoms with E-state index in [2.05, 4.69) is 10.3 Å². The molecule has 2 amide bonds. The summed E-state index contributed by atoms with van der Waals surface area (Å²) in [6.45, 7) is 0.384. The maximum Gasteiger partial charge on any atom is 0.270 e. The third-order valence-corrected chi connectivity index (χ3v) is 4.20. The van der Waals surface area contributed by atoms with Crippen molar-refractivity contribution < 1.29 is 19.1 Å². The molecule has 0 bridgehead atoms. The fraction of sp³-hybridized carbons (Fsp3) is 0.316. The van der Waals surface area contributed by atoms with Crippen molar-refractivity contribution in [2.45, 2.75) is 6.42 Å². The lowest BCUT2D eigenvalue weighted by Gasteiger charge is -2.18. The Morgan fingerprint density at radius 3 is 2.56 bits per heavy atom. The monoisotopic (exact) mass is 391 g/mol. The molecule has 7 nitrogen and oxygen atoms in total. The van der Waals surface area contributed by atoms with Crippen molar-refractivity contribution in [3.63, 3.8) is 0 Å². The SMILES string of the molecule is COc1ccc(CCN(C)C(=O)CNC(=O)c2cc(Cl)ccn2)cc1OC. The second-order valence-electron chi connectivity index (χ2n) is 5.80. The van der Waals surface area contributed by atoms with Gasteiger partial charge in [0.15, 0.2) is 11.5 Å². The first-order chi connectivity index (χ1) is 12.9. The molecule has 0 spiro atoms. The topological polar surface area (TPSA) is 80.8 Å². The predicted molar refractivity (Wildman–Crippen MR) is 102 cm³/mol. The van der Waals surface area contributed by atoms with Gasteiger partial charge < -0.3 is 19.7 Å². The summed E-state index contributed by atoms with van der Waals surface area (Å²) >= 11 is 5.83. The molecule has 1 aromatic heterocycles. The van der Waals surface area contributed by atoms with Gasteiger partial charge in [0.25, 0.3) is 5.91 Å². The molecule has 0 unspecified atom stereocenters. The lowest BCUT2D eigenvalue weighted by Crippen LogP contribution is -2.39. The van der Waals surface area contributed by atoms with E-state index in [1.807, 2.05) is 18.2 Å². The number of hydrogen-bond donors (Lipinski definition) is 1. The standard InChI is InChI=1S/C19H22ClN3O4/c1-23(9-7-13-4-5-16(26-2)17(10-13)27-3)18(24)12-22-19(25)15-11-14(20)6-8-21-15/h4-6,8,10-11H,7,9,12H2,1-3H3,(H,22,25). The maximum absolute atomic E-state index is 12.2. The van der Waals surface area contributed by atoms with Gasteiger partial charge in [0.2, 0.25) is 5.91 Å². The molecule has 1 aromatic carbocycles. The average molecular weight is 392 g/mol. The number of methoxy groups -OCH3 is 2. The largest absolute Gasteiger partial charge is 0.493 e. The fourth-order valence-corrected chi connectivity index (χ4v) is 2.53. The Labute approximate surface area is 163 Å². The average Bonchev–Trinajstić information content (AvgIpc) is 2.69. The summed E-state index contributed by atoms with van der Waals surface area (Å²) in [5, 5.41) is 2.96. The number of halogens is 1. The lowest BCUT2D eigenvalue weighted by molar-refractivity contribution is -0.128. The molecular formula is C19H22ClN3O4. The van der Waals surface area contributed by atoms with Crippen LogP contribution in [-0.4, -0.2) is 56.1 Å². The molecule has 0 saturated carbocycles. The summed E-state index contributed by atoms with van der Waals surface area (Å²) in [6, 6.07) is 8.65. The highest BCUT2D eigenvalue weighted by molar-refractivity contribution is 6.30. The van der Waals surface area contributed by atoms with Crippen LogP contribution in [0.3, 0.4) is 0 Å². The van der Waals surface area contributed by atoms with Gasteiger partial charge in [-0.2, -0.15) is 0 Å². The summed E-state index contributed by atoms with van der Waals surface area (Å²) in [6.07, 6.45) is 2.08. The van der Waals surface area contributed by atoms with Crippen molar-refractivity contribution in [1.82, 2.24) is 15.2 Å². The number of pyridine rings is 1. The van der Waals surface area contributed by atoms with E-state index < -0.39 is 5.91 Å². The summed E-state index contributed by atoms with van der Waals surface area (Å²) in [7, 11) is 4.85. The molecule has 0 atom stereocenters. The van der Waals surface area contributed by atoms with Gasteiger partial charge in [0.05, 0.1) is 20.8 Å². The molecule has 0 radical (unpaired) electrons. The molecule has 2 rings (SSSR count). The van der Waals surface area contributed by atoms with Crippen LogP contribution in [0, 0.1) is 0 Å². The number of amides is 2. The van der Waals surface area contributed by atoms with Crippen LogP contribution in [0.25, 0.3) is 0 Å². The summed E-state index contributed by atoms with van der Waals surface area (Å²) in [5.74, 6) is 0.651. The maximum atomic E-state index is 12.2. The Bertz CT molecular complexity index is 813. The van der Waals surface area contributed by atoms with Gasteiger partial charge in [0, 0.05) is 24.8 Å². The van der Waals surface area contributed by atoms with Gasteiger partial charge in [-0.1, -0.05) is 17.7 Å². The number of aromatic nitrogens is 1. The van der Waals surface area contributed by atoms with Crippen LogP contribution in [-0.2, 0) is 11.2 Å². The Hall–Kier alpha value is -2.80. The lowest BCUT2D eigenvalue weighted by atomic mass is 10.1. The smallest absolute Gasteiger partial charge is 0.270 e. The van der Waals surface area contributed by atoms with Crippen LogP contribution in [0.1, 0.15) is 16.1 Å². The van der Waals surface area contributed by atoms with E-state index >= 15 is 0 Å². The van der Waals surface area contributed by atoms with Crippen molar-refractivity contribution in [3.8, 4) is 11.5 Å². The Morgan fingerprint density at radius 2 is 1.89 bits per heavy atom. The van der Waals surface area contributed by atoms with E-state index in [4.69, 9.17) is 21.1 Å². The molecule has 0 aliphatic rings. The number of likely N-dealkylation sites (N-methyl/N-ethyl adjacent to an activating group) is 1. The zero-order valence-electron chi connectivity index (χ0n) is 15.5. The second-order valence-corrected chi connectivity index (χ2v) is 6.23. The van der Waals surface area contributed by atoms with E-state index in [1.54, 1.807) is 32.2 Å². The van der Waals surface area contributed by atoms with Crippen molar-refractivity contribution in [2.24, 2.45) is 0 Å². The quantitative estimate of drug-likeness (QED) is 0.746.